The van der Waals surface area contributed by atoms with Crippen LogP contribution in [0.25, 0.3) is 11.3 Å². The quantitative estimate of drug-likeness (QED) is 0.233. The highest BCUT2D eigenvalue weighted by molar-refractivity contribution is 5.84. The number of benzene rings is 2. The van der Waals surface area contributed by atoms with E-state index in [0.29, 0.717) is 23.2 Å². The van der Waals surface area contributed by atoms with Gasteiger partial charge in [0.1, 0.15) is 35.2 Å². The third kappa shape index (κ3) is 8.41. The lowest BCUT2D eigenvalue weighted by Crippen LogP contribution is -2.48. The highest BCUT2D eigenvalue weighted by atomic mass is 19.1. The zero-order chi connectivity index (χ0) is 33.8. The number of rotatable bonds is 10. The monoisotopic (exact) mass is 635 g/mol. The summed E-state index contributed by atoms with van der Waals surface area (Å²) in [6.07, 6.45) is 3.22. The lowest BCUT2D eigenvalue weighted by Gasteiger charge is -2.34. The minimum absolute atomic E-state index is 0.0241. The van der Waals surface area contributed by atoms with Gasteiger partial charge in [-0.05, 0) is 100 Å². The number of nitrogen functional groups attached to an aromatic ring is 1. The molecule has 0 unspecified atom stereocenters. The average Bonchev–Trinajstić information content (AvgIpc) is 3.47. The number of carbonyl (C=O) groups is 2. The van der Waals surface area contributed by atoms with Crippen LogP contribution < -0.4 is 11.3 Å². The van der Waals surface area contributed by atoms with Crippen molar-refractivity contribution in [3.63, 3.8) is 0 Å². The summed E-state index contributed by atoms with van der Waals surface area (Å²) in [6.45, 7) is 13.2. The summed E-state index contributed by atoms with van der Waals surface area (Å²) in [5, 5.41) is 0. The van der Waals surface area contributed by atoms with Crippen LogP contribution in [0.3, 0.4) is 0 Å². The molecule has 46 heavy (non-hydrogen) atoms. The summed E-state index contributed by atoms with van der Waals surface area (Å²) >= 11 is 0. The van der Waals surface area contributed by atoms with Crippen molar-refractivity contribution in [2.45, 2.75) is 91.0 Å². The summed E-state index contributed by atoms with van der Waals surface area (Å²) in [5.74, 6) is -1.86. The van der Waals surface area contributed by atoms with Crippen molar-refractivity contribution in [2.75, 3.05) is 5.73 Å². The Balaban J connectivity index is 1.65. The van der Waals surface area contributed by atoms with Crippen LogP contribution in [0.4, 0.5) is 19.4 Å². The molecule has 3 aromatic rings. The van der Waals surface area contributed by atoms with E-state index in [1.165, 1.54) is 27.7 Å². The van der Waals surface area contributed by atoms with Crippen molar-refractivity contribution < 1.29 is 27.8 Å². The van der Waals surface area contributed by atoms with Gasteiger partial charge in [0.2, 0.25) is 0 Å². The number of anilines is 1. The van der Waals surface area contributed by atoms with Crippen LogP contribution in [-0.2, 0) is 20.8 Å². The van der Waals surface area contributed by atoms with Gasteiger partial charge in [0.25, 0.3) is 5.56 Å². The Morgan fingerprint density at radius 2 is 1.65 bits per heavy atom. The molecule has 1 saturated carbocycles. The maximum absolute atomic E-state index is 14.5. The third-order valence-electron chi connectivity index (χ3n) is 7.81. The molecule has 0 aliphatic heterocycles. The molecule has 2 N–H and O–H groups in total. The second-order valence-corrected chi connectivity index (χ2v) is 13.2. The Morgan fingerprint density at radius 1 is 1.02 bits per heavy atom. The van der Waals surface area contributed by atoms with E-state index in [2.05, 4.69) is 6.58 Å². The van der Waals surface area contributed by atoms with Gasteiger partial charge in [-0.1, -0.05) is 32.6 Å². The van der Waals surface area contributed by atoms with Gasteiger partial charge < -0.3 is 15.2 Å². The summed E-state index contributed by atoms with van der Waals surface area (Å²) in [4.78, 5) is 41.4. The minimum atomic E-state index is -0.858. The van der Waals surface area contributed by atoms with Crippen molar-refractivity contribution in [2.24, 2.45) is 5.92 Å². The number of pyridine rings is 1. The zero-order valence-electron chi connectivity index (χ0n) is 27.1. The molecule has 2 aromatic carbocycles. The first kappa shape index (κ1) is 34.4. The molecular formula is C36H43F2N3O5. The number of hydrogen-bond acceptors (Lipinski definition) is 6. The number of ether oxygens (including phenoxy) is 2. The fourth-order valence-corrected chi connectivity index (χ4v) is 5.57. The first-order valence-corrected chi connectivity index (χ1v) is 15.6. The molecule has 0 radical (unpaired) electrons. The Labute approximate surface area is 268 Å². The van der Waals surface area contributed by atoms with Crippen molar-refractivity contribution in [1.82, 2.24) is 9.47 Å². The molecule has 1 fully saturated rings. The number of amides is 1. The van der Waals surface area contributed by atoms with Crippen LogP contribution in [-0.4, -0.2) is 39.3 Å². The lowest BCUT2D eigenvalue weighted by atomic mass is 9.99. The van der Waals surface area contributed by atoms with Gasteiger partial charge in [0, 0.05) is 29.8 Å². The van der Waals surface area contributed by atoms with E-state index >= 15 is 0 Å². The summed E-state index contributed by atoms with van der Waals surface area (Å²) in [7, 11) is 0. The molecule has 1 amide bonds. The lowest BCUT2D eigenvalue weighted by molar-refractivity contribution is -0.156. The molecule has 4 rings (SSSR count). The highest BCUT2D eigenvalue weighted by Gasteiger charge is 2.36. The fraction of sp³-hybridized carbons (Fsp3) is 0.417. The maximum atomic E-state index is 14.5. The molecule has 0 saturated heterocycles. The smallest absolute Gasteiger partial charge is 0.411 e. The van der Waals surface area contributed by atoms with E-state index in [-0.39, 0.29) is 35.5 Å². The Bertz CT molecular complexity index is 1640. The van der Waals surface area contributed by atoms with Gasteiger partial charge in [-0.2, -0.15) is 0 Å². The van der Waals surface area contributed by atoms with Gasteiger partial charge >= 0.3 is 12.1 Å². The maximum Gasteiger partial charge on any atom is 0.411 e. The number of aromatic nitrogens is 1. The fourth-order valence-electron chi connectivity index (χ4n) is 5.57. The van der Waals surface area contributed by atoms with Gasteiger partial charge in [0.05, 0.1) is 5.69 Å². The molecule has 1 aliphatic rings. The van der Waals surface area contributed by atoms with E-state index in [9.17, 15) is 23.2 Å². The van der Waals surface area contributed by atoms with Crippen molar-refractivity contribution >= 4 is 23.5 Å². The number of halogens is 2. The molecule has 1 heterocycles. The average molecular weight is 636 g/mol. The molecule has 1 atom stereocenters. The summed E-state index contributed by atoms with van der Waals surface area (Å²) in [6, 6.07) is 11.8. The predicted octanol–water partition coefficient (Wildman–Crippen LogP) is 7.40. The normalized spacial score (nSPS) is 14.3. The first-order chi connectivity index (χ1) is 21.6. The highest BCUT2D eigenvalue weighted by Crippen LogP contribution is 2.30. The molecular weight excluding hydrogens is 592 g/mol. The molecule has 1 aliphatic carbocycles. The van der Waals surface area contributed by atoms with Crippen molar-refractivity contribution in [3.8, 4) is 5.69 Å². The second-order valence-electron chi connectivity index (χ2n) is 13.2. The SMILES string of the molecule is C=C(c1ccc(F)cc1F)c1ccc(=O)n(-c2ccc(CN(C(=O)OC(C)(C)C)[C@@H](CC(C)C)C(=O)OC3CCCC3)cc2)c1N. The Hall–Kier alpha value is -4.47. The zero-order valence-corrected chi connectivity index (χ0v) is 27.1. The number of nitrogens with two attached hydrogens (primary N) is 1. The molecule has 0 bridgehead atoms. The van der Waals surface area contributed by atoms with Crippen LogP contribution in [0.2, 0.25) is 0 Å². The van der Waals surface area contributed by atoms with Gasteiger partial charge in [-0.3, -0.25) is 14.3 Å². The topological polar surface area (TPSA) is 104 Å². The first-order valence-electron chi connectivity index (χ1n) is 15.6. The molecule has 8 nitrogen and oxygen atoms in total. The van der Waals surface area contributed by atoms with Gasteiger partial charge in [-0.25, -0.2) is 18.4 Å². The van der Waals surface area contributed by atoms with Crippen LogP contribution in [0.5, 0.6) is 0 Å². The van der Waals surface area contributed by atoms with Gasteiger partial charge in [0.15, 0.2) is 0 Å². The van der Waals surface area contributed by atoms with E-state index < -0.39 is 40.9 Å². The number of hydrogen-bond donors (Lipinski definition) is 1. The second kappa shape index (κ2) is 14.3. The Kier molecular flexibility index (Phi) is 10.7. The molecule has 1 aromatic heterocycles. The van der Waals surface area contributed by atoms with E-state index in [0.717, 1.165) is 37.8 Å². The third-order valence-corrected chi connectivity index (χ3v) is 7.81. The molecule has 0 spiro atoms. The Morgan fingerprint density at radius 3 is 2.24 bits per heavy atom. The van der Waals surface area contributed by atoms with E-state index in [4.69, 9.17) is 15.2 Å². The van der Waals surface area contributed by atoms with E-state index in [1.807, 2.05) is 13.8 Å². The van der Waals surface area contributed by atoms with Crippen molar-refractivity contribution in [1.29, 1.82) is 0 Å². The number of nitrogens with zero attached hydrogens (tertiary/aromatic N) is 2. The largest absolute Gasteiger partial charge is 0.461 e. The standard InChI is InChI=1S/C36H43F2N3O5/c1-22(2)19-31(34(43)45-27-9-7-8-10-27)40(35(44)46-36(4,5)6)21-24-11-14-26(15-12-24)41-32(42)18-17-29(33(41)39)23(3)28-16-13-25(37)20-30(28)38/h11-18,20,22,27,31H,3,7-10,19,21,39H2,1-2,4-6H3/t31-/m0/s1. The number of esters is 1. The minimum Gasteiger partial charge on any atom is -0.461 e. The van der Waals surface area contributed by atoms with Crippen LogP contribution in [0.15, 0.2) is 66.0 Å². The molecule has 246 valence electrons. The van der Waals surface area contributed by atoms with Crippen molar-refractivity contribution in [3.05, 3.63) is 99.9 Å². The predicted molar refractivity (Wildman–Crippen MR) is 174 cm³/mol. The van der Waals surface area contributed by atoms with Crippen LogP contribution >= 0.6 is 0 Å². The number of carbonyl (C=O) groups excluding carboxylic acids is 2. The van der Waals surface area contributed by atoms with E-state index in [1.54, 1.807) is 45.0 Å². The van der Waals surface area contributed by atoms with Crippen LogP contribution in [0, 0.1) is 17.6 Å². The molecule has 10 heteroatoms. The van der Waals surface area contributed by atoms with Gasteiger partial charge in [-0.15, -0.1) is 0 Å². The summed E-state index contributed by atoms with van der Waals surface area (Å²) < 4.78 is 40.9. The van der Waals surface area contributed by atoms with Crippen LogP contribution in [0.1, 0.15) is 83.4 Å². The summed E-state index contributed by atoms with van der Waals surface area (Å²) in [5.41, 5.74) is 6.85.